The van der Waals surface area contributed by atoms with Gasteiger partial charge >= 0.3 is 0 Å². The third kappa shape index (κ3) is 21.2. The minimum Gasteiger partial charge on any atom is -0.353 e. The Morgan fingerprint density at radius 1 is 0.710 bits per heavy atom. The second-order valence-electron chi connectivity index (χ2n) is 16.6. The number of hydrogen-bond donors (Lipinski definition) is 3. The van der Waals surface area contributed by atoms with Crippen LogP contribution in [0.3, 0.4) is 0 Å². The predicted octanol–water partition coefficient (Wildman–Crippen LogP) is 6.94. The molecule has 346 valence electrons. The Morgan fingerprint density at radius 2 is 1.29 bits per heavy atom. The number of halogens is 1. The lowest BCUT2D eigenvalue weighted by atomic mass is 9.68. The van der Waals surface area contributed by atoms with Crippen LogP contribution in [0.4, 0.5) is 4.39 Å². The van der Waals surface area contributed by atoms with E-state index in [4.69, 9.17) is 9.68 Å². The van der Waals surface area contributed by atoms with Crippen molar-refractivity contribution in [3.63, 3.8) is 0 Å². The third-order valence-corrected chi connectivity index (χ3v) is 14.5. The number of nitrogens with zero attached hydrogens (tertiary/aromatic N) is 3. The first-order valence-corrected chi connectivity index (χ1v) is 25.8. The number of rotatable bonds is 30. The monoisotopic (exact) mass is 904 g/mol. The minimum absolute atomic E-state index is 0.0200. The number of nitrogens with one attached hydrogen (secondary N) is 3. The summed E-state index contributed by atoms with van der Waals surface area (Å²) in [6.45, 7) is 0.474. The zero-order valence-electron chi connectivity index (χ0n) is 36.2. The van der Waals surface area contributed by atoms with Crippen molar-refractivity contribution in [1.82, 2.24) is 30.0 Å². The lowest BCUT2D eigenvalue weighted by Crippen LogP contribution is -2.37. The summed E-state index contributed by atoms with van der Waals surface area (Å²) in [7, 11) is -7.35. The Bertz CT molecular complexity index is 1860. The molecule has 17 heteroatoms. The third-order valence-electron chi connectivity index (χ3n) is 11.6. The summed E-state index contributed by atoms with van der Waals surface area (Å²) in [6.07, 6.45) is 27.6. The first-order chi connectivity index (χ1) is 30.0. The standard InChI is InChI=1S/C45H69FN6O8S2/c46-24-30-52(62(57,58)32-9-4-1-2-6-26-50-45(54)21-19-39-15-12-25-48-35-39)60-37-41-14-11-17-43(34-41)42-16-10-13-40(33-42)36-59-51-61(55,56)31-8-5-3-7-27-49-44(53)20-18-38-22-28-47-29-23-38/h12,15,18-23,25,28-29,35,40-43,51H,1-11,13-14,16-17,24,26-27,30-34,36-37H2,(H,49,53)(H,50,54). The number of sulfonamides is 2. The minimum atomic E-state index is -3.78. The second-order valence-corrected chi connectivity index (χ2v) is 20.4. The molecule has 2 aliphatic rings. The van der Waals surface area contributed by atoms with E-state index in [2.05, 4.69) is 25.5 Å². The van der Waals surface area contributed by atoms with Gasteiger partial charge in [-0.25, -0.2) is 21.2 Å². The summed E-state index contributed by atoms with van der Waals surface area (Å²) in [5, 5.41) is 5.70. The van der Waals surface area contributed by atoms with E-state index in [1.54, 1.807) is 43.0 Å². The summed E-state index contributed by atoms with van der Waals surface area (Å²) in [6, 6.07) is 7.30. The fraction of sp³-hybridized carbons (Fsp3) is 0.644. The largest absolute Gasteiger partial charge is 0.353 e. The van der Waals surface area contributed by atoms with Crippen LogP contribution in [0.25, 0.3) is 12.2 Å². The molecule has 4 unspecified atom stereocenters. The molecule has 2 aliphatic carbocycles. The molecule has 4 atom stereocenters. The van der Waals surface area contributed by atoms with Crippen molar-refractivity contribution >= 4 is 44.0 Å². The van der Waals surface area contributed by atoms with Crippen LogP contribution in [0.15, 0.2) is 61.2 Å². The Kier molecular flexibility index (Phi) is 23.8. The maximum absolute atomic E-state index is 13.5. The number of amides is 2. The van der Waals surface area contributed by atoms with Crippen LogP contribution >= 0.6 is 0 Å². The SMILES string of the molecule is O=C(C=Cc1cccnc1)NCCCCCCCS(=O)(=O)N(CCF)OCC1CCCC(C2CCCC(CONS(=O)(=O)CCCCCCNC(=O)C=Cc3ccncc3)C2)C1. The van der Waals surface area contributed by atoms with E-state index in [1.807, 2.05) is 18.2 Å². The van der Waals surface area contributed by atoms with Gasteiger partial charge in [0.2, 0.25) is 31.9 Å². The molecule has 4 rings (SSSR count). The molecule has 3 N–H and O–H groups in total. The van der Waals surface area contributed by atoms with Crippen LogP contribution in [-0.2, 0) is 39.3 Å². The van der Waals surface area contributed by atoms with Crippen LogP contribution in [0.2, 0.25) is 0 Å². The first kappa shape index (κ1) is 51.0. The molecule has 0 saturated heterocycles. The highest BCUT2D eigenvalue weighted by molar-refractivity contribution is 7.89. The highest BCUT2D eigenvalue weighted by Gasteiger charge is 2.33. The summed E-state index contributed by atoms with van der Waals surface area (Å²) in [5.74, 6) is 0.913. The number of pyridine rings is 2. The fourth-order valence-electron chi connectivity index (χ4n) is 8.30. The van der Waals surface area contributed by atoms with E-state index in [0.29, 0.717) is 50.8 Å². The highest BCUT2D eigenvalue weighted by atomic mass is 32.2. The number of aromatic nitrogens is 2. The smallest absolute Gasteiger partial charge is 0.243 e. The molecule has 2 amide bonds. The molecule has 2 aromatic heterocycles. The van der Waals surface area contributed by atoms with Crippen LogP contribution in [-0.4, -0.2) is 94.1 Å². The highest BCUT2D eigenvalue weighted by Crippen LogP contribution is 2.42. The van der Waals surface area contributed by atoms with Crippen molar-refractivity contribution in [2.45, 2.75) is 109 Å². The van der Waals surface area contributed by atoms with Crippen LogP contribution < -0.4 is 15.5 Å². The maximum atomic E-state index is 13.5. The van der Waals surface area contributed by atoms with Gasteiger partial charge in [0, 0.05) is 50.0 Å². The fourth-order valence-corrected chi connectivity index (χ4v) is 10.6. The van der Waals surface area contributed by atoms with Gasteiger partial charge in [0.25, 0.3) is 0 Å². The predicted molar refractivity (Wildman–Crippen MR) is 240 cm³/mol. The van der Waals surface area contributed by atoms with Gasteiger partial charge in [-0.15, -0.1) is 0 Å². The van der Waals surface area contributed by atoms with Crippen molar-refractivity contribution in [3.05, 3.63) is 72.3 Å². The molecule has 0 radical (unpaired) electrons. The quantitative estimate of drug-likeness (QED) is 0.0421. The number of hydroxylamine groups is 1. The van der Waals surface area contributed by atoms with Gasteiger partial charge in [-0.2, -0.15) is 0 Å². The zero-order chi connectivity index (χ0) is 44.3. The number of unbranched alkanes of at least 4 members (excludes halogenated alkanes) is 7. The molecule has 2 saturated carbocycles. The lowest BCUT2D eigenvalue weighted by Gasteiger charge is -2.39. The van der Waals surface area contributed by atoms with Crippen LogP contribution in [0, 0.1) is 23.7 Å². The van der Waals surface area contributed by atoms with E-state index in [0.717, 1.165) is 105 Å². The summed E-state index contributed by atoms with van der Waals surface area (Å²) in [5.41, 5.74) is 1.74. The van der Waals surface area contributed by atoms with Gasteiger partial charge in [-0.1, -0.05) is 73.2 Å². The summed E-state index contributed by atoms with van der Waals surface area (Å²) in [4.78, 5) is 45.7. The number of alkyl halides is 1. The van der Waals surface area contributed by atoms with E-state index >= 15 is 0 Å². The van der Waals surface area contributed by atoms with Gasteiger partial charge in [0.05, 0.1) is 31.3 Å². The molecule has 0 spiro atoms. The number of carbonyl (C=O) groups is 2. The van der Waals surface area contributed by atoms with E-state index in [9.17, 15) is 30.8 Å². The Morgan fingerprint density at radius 3 is 1.90 bits per heavy atom. The van der Waals surface area contributed by atoms with E-state index in [1.165, 1.54) is 12.2 Å². The molecule has 2 fully saturated rings. The molecule has 0 aromatic carbocycles. The summed E-state index contributed by atoms with van der Waals surface area (Å²) >= 11 is 0. The number of carbonyl (C=O) groups excluding carboxylic acids is 2. The van der Waals surface area contributed by atoms with Crippen molar-refractivity contribution in [2.24, 2.45) is 23.7 Å². The van der Waals surface area contributed by atoms with Crippen molar-refractivity contribution in [3.8, 4) is 0 Å². The van der Waals surface area contributed by atoms with Crippen molar-refractivity contribution in [1.29, 1.82) is 0 Å². The Balaban J connectivity index is 1.04. The lowest BCUT2D eigenvalue weighted by molar-refractivity contribution is -0.117. The molecule has 2 heterocycles. The molecule has 0 aliphatic heterocycles. The van der Waals surface area contributed by atoms with Crippen molar-refractivity contribution < 1.29 is 40.5 Å². The average molecular weight is 905 g/mol. The van der Waals surface area contributed by atoms with Crippen LogP contribution in [0.5, 0.6) is 0 Å². The zero-order valence-corrected chi connectivity index (χ0v) is 37.9. The normalized spacial score (nSPS) is 19.9. The van der Waals surface area contributed by atoms with Crippen molar-refractivity contribution in [2.75, 3.05) is 51.0 Å². The topological polar surface area (TPSA) is 186 Å². The van der Waals surface area contributed by atoms with Gasteiger partial charge in [0.15, 0.2) is 0 Å². The van der Waals surface area contributed by atoms with Gasteiger partial charge < -0.3 is 10.6 Å². The molecule has 62 heavy (non-hydrogen) atoms. The van der Waals surface area contributed by atoms with Gasteiger partial charge in [-0.3, -0.25) is 29.2 Å². The second kappa shape index (κ2) is 29.0. The maximum Gasteiger partial charge on any atom is 0.243 e. The van der Waals surface area contributed by atoms with Crippen LogP contribution in [0.1, 0.15) is 120 Å². The Hall–Kier alpha value is -3.61. The van der Waals surface area contributed by atoms with E-state index in [-0.39, 0.29) is 48.3 Å². The molecule has 14 nitrogen and oxygen atoms in total. The molecular weight excluding hydrogens is 836 g/mol. The van der Waals surface area contributed by atoms with Gasteiger partial charge in [0.1, 0.15) is 6.67 Å². The van der Waals surface area contributed by atoms with E-state index < -0.39 is 26.7 Å². The Labute approximate surface area is 369 Å². The van der Waals surface area contributed by atoms with Gasteiger partial charge in [-0.05, 0) is 117 Å². The number of hydrogen-bond acceptors (Lipinski definition) is 10. The average Bonchev–Trinajstić information content (AvgIpc) is 3.27. The molecule has 0 bridgehead atoms. The molecule has 2 aromatic rings. The molecular formula is C45H69FN6O8S2. The first-order valence-electron chi connectivity index (χ1n) is 22.6. The summed E-state index contributed by atoms with van der Waals surface area (Å²) < 4.78 is 65.8.